The van der Waals surface area contributed by atoms with Crippen LogP contribution >= 0.6 is 0 Å². The van der Waals surface area contributed by atoms with Gasteiger partial charge in [0.1, 0.15) is 17.9 Å². The summed E-state index contributed by atoms with van der Waals surface area (Å²) in [6, 6.07) is 4.98. The zero-order chi connectivity index (χ0) is 20.0. The van der Waals surface area contributed by atoms with Gasteiger partial charge in [-0.25, -0.2) is 9.18 Å². The van der Waals surface area contributed by atoms with E-state index in [4.69, 9.17) is 0 Å². The molecule has 0 bridgehead atoms. The number of amides is 4. The molecule has 0 radical (unpaired) electrons. The Bertz CT molecular complexity index is 688. The second-order valence-corrected chi connectivity index (χ2v) is 6.92. The summed E-state index contributed by atoms with van der Waals surface area (Å²) in [6.45, 7) is 5.59. The summed E-state index contributed by atoms with van der Waals surface area (Å²) in [6.07, 6.45) is 3.49. The quantitative estimate of drug-likeness (QED) is 0.649. The van der Waals surface area contributed by atoms with Gasteiger partial charge in [0, 0.05) is 6.04 Å². The van der Waals surface area contributed by atoms with E-state index >= 15 is 0 Å². The lowest BCUT2D eigenvalue weighted by Crippen LogP contribution is -2.46. The normalized spacial score (nSPS) is 19.5. The Balaban J connectivity index is 2.25. The van der Waals surface area contributed by atoms with E-state index in [1.165, 1.54) is 24.3 Å². The Morgan fingerprint density at radius 2 is 1.81 bits per heavy atom. The fourth-order valence-corrected chi connectivity index (χ4v) is 3.37. The van der Waals surface area contributed by atoms with Crippen LogP contribution in [0.15, 0.2) is 24.3 Å². The lowest BCUT2D eigenvalue weighted by atomic mass is 9.85. The van der Waals surface area contributed by atoms with Crippen molar-refractivity contribution in [2.45, 2.75) is 64.5 Å². The lowest BCUT2D eigenvalue weighted by Gasteiger charge is -2.27. The molecule has 7 heteroatoms. The SMILES string of the molecule is CCCC[C@@]1(c2ccc(F)cc2)NC(=O)N(CC(=O)NC(CC)CC)C1=O. The molecule has 0 aromatic heterocycles. The molecule has 148 valence electrons. The number of carbonyl (C=O) groups is 3. The number of imide groups is 1. The summed E-state index contributed by atoms with van der Waals surface area (Å²) >= 11 is 0. The molecule has 0 saturated carbocycles. The molecule has 0 unspecified atom stereocenters. The minimum Gasteiger partial charge on any atom is -0.352 e. The predicted octanol–water partition coefficient (Wildman–Crippen LogP) is 3.07. The maximum Gasteiger partial charge on any atom is 0.325 e. The van der Waals surface area contributed by atoms with Crippen LogP contribution in [-0.2, 0) is 15.1 Å². The van der Waals surface area contributed by atoms with Crippen LogP contribution < -0.4 is 10.6 Å². The van der Waals surface area contributed by atoms with Gasteiger partial charge in [-0.05, 0) is 37.0 Å². The molecule has 1 aliphatic rings. The molecule has 1 fully saturated rings. The molecule has 27 heavy (non-hydrogen) atoms. The number of halogens is 1. The average Bonchev–Trinajstić information content (AvgIpc) is 2.90. The first kappa shape index (κ1) is 20.9. The Morgan fingerprint density at radius 1 is 1.19 bits per heavy atom. The van der Waals surface area contributed by atoms with Crippen LogP contribution in [0, 0.1) is 5.82 Å². The van der Waals surface area contributed by atoms with E-state index in [1.807, 2.05) is 20.8 Å². The van der Waals surface area contributed by atoms with Gasteiger partial charge >= 0.3 is 6.03 Å². The van der Waals surface area contributed by atoms with Crippen molar-refractivity contribution in [1.29, 1.82) is 0 Å². The number of urea groups is 1. The summed E-state index contributed by atoms with van der Waals surface area (Å²) in [5, 5.41) is 5.60. The van der Waals surface area contributed by atoms with Crippen LogP contribution in [0.1, 0.15) is 58.4 Å². The Labute approximate surface area is 159 Å². The highest BCUT2D eigenvalue weighted by atomic mass is 19.1. The third-order valence-corrected chi connectivity index (χ3v) is 5.07. The molecule has 6 nitrogen and oxygen atoms in total. The molecule has 1 heterocycles. The average molecular weight is 377 g/mol. The number of hydrogen-bond donors (Lipinski definition) is 2. The number of nitrogens with zero attached hydrogens (tertiary/aromatic N) is 1. The van der Waals surface area contributed by atoms with Crippen molar-refractivity contribution >= 4 is 17.8 Å². The van der Waals surface area contributed by atoms with Gasteiger partial charge in [-0.3, -0.25) is 14.5 Å². The highest BCUT2D eigenvalue weighted by Gasteiger charge is 2.52. The van der Waals surface area contributed by atoms with Gasteiger partial charge < -0.3 is 10.6 Å². The Morgan fingerprint density at radius 3 is 2.37 bits per heavy atom. The van der Waals surface area contributed by atoms with Crippen LogP contribution in [-0.4, -0.2) is 35.3 Å². The summed E-state index contributed by atoms with van der Waals surface area (Å²) < 4.78 is 13.3. The second kappa shape index (κ2) is 8.97. The molecule has 2 rings (SSSR count). The van der Waals surface area contributed by atoms with Crippen LogP contribution in [0.2, 0.25) is 0 Å². The zero-order valence-electron chi connectivity index (χ0n) is 16.2. The molecule has 1 aromatic rings. The standard InChI is InChI=1S/C20H28FN3O3/c1-4-7-12-20(14-8-10-15(21)11-9-14)18(26)24(19(27)23-20)13-17(25)22-16(5-2)6-3/h8-11,16H,4-7,12-13H2,1-3H3,(H,22,25)(H,23,27)/t20-/m0/s1. The number of hydrogen-bond acceptors (Lipinski definition) is 3. The smallest absolute Gasteiger partial charge is 0.325 e. The van der Waals surface area contributed by atoms with Gasteiger partial charge in [0.2, 0.25) is 5.91 Å². The first-order chi connectivity index (χ1) is 12.9. The number of carbonyl (C=O) groups excluding carboxylic acids is 3. The molecule has 1 aliphatic heterocycles. The summed E-state index contributed by atoms with van der Waals surface area (Å²) in [5.41, 5.74) is -0.727. The van der Waals surface area contributed by atoms with Crippen molar-refractivity contribution in [3.05, 3.63) is 35.6 Å². The molecular formula is C20H28FN3O3. The number of rotatable bonds is 9. The van der Waals surface area contributed by atoms with E-state index in [0.29, 0.717) is 18.4 Å². The first-order valence-electron chi connectivity index (χ1n) is 9.57. The largest absolute Gasteiger partial charge is 0.352 e. The van der Waals surface area contributed by atoms with E-state index in [1.54, 1.807) is 0 Å². The third kappa shape index (κ3) is 4.46. The van der Waals surface area contributed by atoms with E-state index in [-0.39, 0.29) is 18.5 Å². The summed E-state index contributed by atoms with van der Waals surface area (Å²) in [4.78, 5) is 38.9. The van der Waals surface area contributed by atoms with Gasteiger partial charge in [0.05, 0.1) is 0 Å². The van der Waals surface area contributed by atoms with Crippen molar-refractivity contribution in [2.24, 2.45) is 0 Å². The van der Waals surface area contributed by atoms with Gasteiger partial charge in [0.25, 0.3) is 5.91 Å². The minimum absolute atomic E-state index is 0.0141. The van der Waals surface area contributed by atoms with Crippen LogP contribution in [0.4, 0.5) is 9.18 Å². The minimum atomic E-state index is -1.25. The molecular weight excluding hydrogens is 349 g/mol. The molecule has 2 N–H and O–H groups in total. The van der Waals surface area contributed by atoms with E-state index in [2.05, 4.69) is 10.6 Å². The molecule has 1 atom stereocenters. The van der Waals surface area contributed by atoms with Gasteiger partial charge in [-0.2, -0.15) is 0 Å². The van der Waals surface area contributed by atoms with Crippen LogP contribution in [0.25, 0.3) is 0 Å². The molecule has 1 saturated heterocycles. The van der Waals surface area contributed by atoms with E-state index < -0.39 is 23.3 Å². The molecule has 4 amide bonds. The monoisotopic (exact) mass is 377 g/mol. The predicted molar refractivity (Wildman–Crippen MR) is 100 cm³/mol. The topological polar surface area (TPSA) is 78.5 Å². The number of nitrogens with one attached hydrogen (secondary N) is 2. The zero-order valence-corrected chi connectivity index (χ0v) is 16.2. The van der Waals surface area contributed by atoms with Crippen molar-refractivity contribution in [1.82, 2.24) is 15.5 Å². The Kier molecular flexibility index (Phi) is 6.93. The lowest BCUT2D eigenvalue weighted by molar-refractivity contribution is -0.135. The Hall–Kier alpha value is -2.44. The first-order valence-corrected chi connectivity index (χ1v) is 9.57. The van der Waals surface area contributed by atoms with Crippen molar-refractivity contribution in [2.75, 3.05) is 6.54 Å². The van der Waals surface area contributed by atoms with Crippen LogP contribution in [0.3, 0.4) is 0 Å². The molecule has 0 aliphatic carbocycles. The fraction of sp³-hybridized carbons (Fsp3) is 0.550. The van der Waals surface area contributed by atoms with Crippen molar-refractivity contribution in [3.8, 4) is 0 Å². The van der Waals surface area contributed by atoms with Gasteiger partial charge in [0.15, 0.2) is 0 Å². The van der Waals surface area contributed by atoms with Crippen LogP contribution in [0.5, 0.6) is 0 Å². The van der Waals surface area contributed by atoms with Crippen molar-refractivity contribution in [3.63, 3.8) is 0 Å². The van der Waals surface area contributed by atoms with Gasteiger partial charge in [-0.1, -0.05) is 45.7 Å². The van der Waals surface area contributed by atoms with Crippen molar-refractivity contribution < 1.29 is 18.8 Å². The maximum absolute atomic E-state index is 13.3. The van der Waals surface area contributed by atoms with E-state index in [0.717, 1.165) is 24.2 Å². The maximum atomic E-state index is 13.3. The highest BCUT2D eigenvalue weighted by Crippen LogP contribution is 2.34. The fourth-order valence-electron chi connectivity index (χ4n) is 3.37. The summed E-state index contributed by atoms with van der Waals surface area (Å²) in [5.74, 6) is -1.24. The molecule has 0 spiro atoms. The number of unbranched alkanes of at least 4 members (excludes halogenated alkanes) is 1. The highest BCUT2D eigenvalue weighted by molar-refractivity contribution is 6.09. The second-order valence-electron chi connectivity index (χ2n) is 6.92. The molecule has 1 aromatic carbocycles. The third-order valence-electron chi connectivity index (χ3n) is 5.07. The van der Waals surface area contributed by atoms with Gasteiger partial charge in [-0.15, -0.1) is 0 Å². The number of benzene rings is 1. The van der Waals surface area contributed by atoms with E-state index in [9.17, 15) is 18.8 Å². The summed E-state index contributed by atoms with van der Waals surface area (Å²) in [7, 11) is 0.